The van der Waals surface area contributed by atoms with Gasteiger partial charge in [-0.2, -0.15) is 0 Å². The molecule has 5 rings (SSSR count). The van der Waals surface area contributed by atoms with E-state index < -0.39 is 24.3 Å². The van der Waals surface area contributed by atoms with Gasteiger partial charge in [-0.1, -0.05) is 36.4 Å². The summed E-state index contributed by atoms with van der Waals surface area (Å²) < 4.78 is 18.0. The van der Waals surface area contributed by atoms with E-state index in [0.29, 0.717) is 12.1 Å². The lowest BCUT2D eigenvalue weighted by atomic mass is 9.99. The van der Waals surface area contributed by atoms with Crippen LogP contribution in [0.2, 0.25) is 0 Å². The summed E-state index contributed by atoms with van der Waals surface area (Å²) in [5.74, 6) is -0.193. The average molecular weight is 576 g/mol. The summed E-state index contributed by atoms with van der Waals surface area (Å²) in [5.41, 5.74) is 3.16. The zero-order valence-electron chi connectivity index (χ0n) is 23.9. The molecular weight excluding hydrogens is 538 g/mol. The largest absolute Gasteiger partial charge is 0.453 e. The first-order chi connectivity index (χ1) is 20.4. The summed E-state index contributed by atoms with van der Waals surface area (Å²) in [5, 5.41) is 12.3. The number of anilines is 2. The predicted octanol–water partition coefficient (Wildman–Crippen LogP) is 3.23. The van der Waals surface area contributed by atoms with Gasteiger partial charge < -0.3 is 29.5 Å². The van der Waals surface area contributed by atoms with Crippen LogP contribution in [0.25, 0.3) is 0 Å². The van der Waals surface area contributed by atoms with Crippen LogP contribution in [0.15, 0.2) is 67.0 Å². The van der Waals surface area contributed by atoms with Gasteiger partial charge in [-0.05, 0) is 36.2 Å². The Morgan fingerprint density at radius 2 is 1.76 bits per heavy atom. The number of rotatable bonds is 9. The highest BCUT2D eigenvalue weighted by molar-refractivity contribution is 5.95. The van der Waals surface area contributed by atoms with Gasteiger partial charge in [0.1, 0.15) is 0 Å². The molecule has 0 radical (unpaired) electrons. The van der Waals surface area contributed by atoms with Crippen LogP contribution in [0.1, 0.15) is 49.4 Å². The number of hydrogen-bond donors (Lipinski definition) is 2. The Balaban J connectivity index is 1.29. The Labute approximate surface area is 245 Å². The second-order valence-electron chi connectivity index (χ2n) is 10.6. The molecular formula is C31H37N5O6. The van der Waals surface area contributed by atoms with Crippen molar-refractivity contribution in [3.05, 3.63) is 83.7 Å². The molecule has 0 spiro atoms. The lowest BCUT2D eigenvalue weighted by Crippen LogP contribution is -2.50. The smallest absolute Gasteiger partial charge is 0.303 e. The summed E-state index contributed by atoms with van der Waals surface area (Å²) in [4.78, 5) is 37.1. The number of nitrogens with zero attached hydrogens (tertiary/aromatic N) is 4. The molecule has 222 valence electrons. The van der Waals surface area contributed by atoms with Gasteiger partial charge in [0.25, 0.3) is 5.91 Å². The zero-order valence-corrected chi connectivity index (χ0v) is 23.9. The second kappa shape index (κ2) is 13.8. The van der Waals surface area contributed by atoms with Crippen LogP contribution in [0, 0.1) is 0 Å². The number of aliphatic hydroxyl groups excluding tert-OH is 1. The molecule has 4 atom stereocenters. The molecule has 1 aromatic heterocycles. The summed E-state index contributed by atoms with van der Waals surface area (Å²) in [6.45, 7) is 6.90. The highest BCUT2D eigenvalue weighted by atomic mass is 16.7. The van der Waals surface area contributed by atoms with Gasteiger partial charge >= 0.3 is 5.97 Å². The zero-order chi connectivity index (χ0) is 29.5. The van der Waals surface area contributed by atoms with E-state index in [2.05, 4.69) is 25.1 Å². The summed E-state index contributed by atoms with van der Waals surface area (Å²) in [6, 6.07) is 16.9. The number of piperazine rings is 1. The molecule has 0 saturated carbocycles. The van der Waals surface area contributed by atoms with E-state index in [4.69, 9.17) is 14.2 Å². The number of amides is 1. The maximum atomic E-state index is 12.5. The predicted molar refractivity (Wildman–Crippen MR) is 155 cm³/mol. The molecule has 3 aromatic rings. The first-order valence-electron chi connectivity index (χ1n) is 14.2. The number of hydrogen-bond acceptors (Lipinski definition) is 10. The monoisotopic (exact) mass is 575 g/mol. The normalized spacial score (nSPS) is 21.9. The molecule has 2 aliphatic rings. The Bertz CT molecular complexity index is 1330. The Morgan fingerprint density at radius 3 is 2.45 bits per heavy atom. The third kappa shape index (κ3) is 7.68. The Morgan fingerprint density at radius 1 is 1.02 bits per heavy atom. The van der Waals surface area contributed by atoms with E-state index in [9.17, 15) is 14.7 Å². The van der Waals surface area contributed by atoms with Crippen LogP contribution < -0.4 is 10.2 Å². The molecule has 2 fully saturated rings. The minimum atomic E-state index is -0.919. The van der Waals surface area contributed by atoms with Crippen molar-refractivity contribution in [2.75, 3.05) is 42.9 Å². The molecule has 11 heteroatoms. The van der Waals surface area contributed by atoms with Crippen molar-refractivity contribution >= 4 is 23.5 Å². The number of ether oxygens (including phenoxy) is 3. The van der Waals surface area contributed by atoms with E-state index in [1.165, 1.54) is 13.8 Å². The number of benzene rings is 2. The van der Waals surface area contributed by atoms with Crippen molar-refractivity contribution in [3.8, 4) is 0 Å². The highest BCUT2D eigenvalue weighted by Crippen LogP contribution is 2.38. The number of nitrogens with one attached hydrogen (secondary N) is 1. The minimum Gasteiger partial charge on any atom is -0.453 e. The Hall–Kier alpha value is -3.90. The van der Waals surface area contributed by atoms with E-state index in [1.807, 2.05) is 48.5 Å². The summed E-state index contributed by atoms with van der Waals surface area (Å²) in [7, 11) is 0. The fourth-order valence-electron chi connectivity index (χ4n) is 5.22. The van der Waals surface area contributed by atoms with Gasteiger partial charge in [-0.25, -0.2) is 9.97 Å². The van der Waals surface area contributed by atoms with Crippen LogP contribution in [-0.2, 0) is 30.4 Å². The fourth-order valence-corrected chi connectivity index (χ4v) is 5.22. The van der Waals surface area contributed by atoms with E-state index in [1.54, 1.807) is 18.5 Å². The lowest BCUT2D eigenvalue weighted by molar-refractivity contribution is -0.253. The molecule has 11 nitrogen and oxygen atoms in total. The highest BCUT2D eigenvalue weighted by Gasteiger charge is 2.34. The van der Waals surface area contributed by atoms with Crippen molar-refractivity contribution < 1.29 is 28.9 Å². The van der Waals surface area contributed by atoms with Gasteiger partial charge in [0.05, 0.1) is 18.8 Å². The molecule has 1 unspecified atom stereocenters. The van der Waals surface area contributed by atoms with Crippen LogP contribution in [0.5, 0.6) is 0 Å². The Kier molecular flexibility index (Phi) is 9.75. The van der Waals surface area contributed by atoms with Gasteiger partial charge in [0.2, 0.25) is 5.95 Å². The number of carbonyl (C=O) groups excluding carboxylic acids is 2. The van der Waals surface area contributed by atoms with Gasteiger partial charge in [-0.3, -0.25) is 14.5 Å². The van der Waals surface area contributed by atoms with Gasteiger partial charge in [0.15, 0.2) is 12.4 Å². The van der Waals surface area contributed by atoms with Crippen molar-refractivity contribution in [2.24, 2.45) is 0 Å². The SMILES string of the molecule is CC(=O)O[C@@H](C)C(=O)Nc1cccc(C2O[C@H](CN3CCN(c4ncccn4)CC3)C[C@H](c3ccc(CO)cc3)O2)c1. The topological polar surface area (TPSA) is 126 Å². The lowest BCUT2D eigenvalue weighted by Gasteiger charge is -2.40. The van der Waals surface area contributed by atoms with Crippen LogP contribution in [0.4, 0.5) is 11.6 Å². The quantitative estimate of drug-likeness (QED) is 0.367. The molecule has 3 heterocycles. The van der Waals surface area contributed by atoms with Crippen molar-refractivity contribution in [3.63, 3.8) is 0 Å². The van der Waals surface area contributed by atoms with Crippen molar-refractivity contribution in [1.82, 2.24) is 14.9 Å². The van der Waals surface area contributed by atoms with Crippen LogP contribution in [-0.4, -0.2) is 76.8 Å². The average Bonchev–Trinajstić information content (AvgIpc) is 3.01. The maximum Gasteiger partial charge on any atom is 0.303 e. The molecule has 42 heavy (non-hydrogen) atoms. The molecule has 1 amide bonds. The maximum absolute atomic E-state index is 12.5. The molecule has 2 aromatic carbocycles. The third-order valence-corrected chi connectivity index (χ3v) is 7.42. The first-order valence-corrected chi connectivity index (χ1v) is 14.2. The van der Waals surface area contributed by atoms with E-state index in [0.717, 1.165) is 55.4 Å². The minimum absolute atomic E-state index is 0.0191. The molecule has 2 N–H and O–H groups in total. The van der Waals surface area contributed by atoms with Gasteiger partial charge in [-0.15, -0.1) is 0 Å². The number of carbonyl (C=O) groups is 2. The van der Waals surface area contributed by atoms with Crippen LogP contribution in [0.3, 0.4) is 0 Å². The number of esters is 1. The molecule has 2 saturated heterocycles. The first kappa shape index (κ1) is 29.6. The third-order valence-electron chi connectivity index (χ3n) is 7.42. The van der Waals surface area contributed by atoms with E-state index >= 15 is 0 Å². The number of aromatic nitrogens is 2. The van der Waals surface area contributed by atoms with Crippen molar-refractivity contribution in [1.29, 1.82) is 0 Å². The molecule has 0 bridgehead atoms. The number of aliphatic hydroxyl groups is 1. The fraction of sp³-hybridized carbons (Fsp3) is 0.419. The molecule has 2 aliphatic heterocycles. The van der Waals surface area contributed by atoms with E-state index in [-0.39, 0.29) is 18.8 Å². The van der Waals surface area contributed by atoms with Crippen molar-refractivity contribution in [2.45, 2.75) is 51.5 Å². The van der Waals surface area contributed by atoms with Crippen LogP contribution >= 0.6 is 0 Å². The second-order valence-corrected chi connectivity index (χ2v) is 10.6. The van der Waals surface area contributed by atoms with Gasteiger partial charge in [0, 0.05) is 69.7 Å². The summed E-state index contributed by atoms with van der Waals surface area (Å²) >= 11 is 0. The molecule has 0 aliphatic carbocycles. The standard InChI is InChI=1S/C31H37N5O6/c1-21(40-22(2)38)29(39)34-26-6-3-5-25(17-26)30-41-27(18-28(42-30)24-9-7-23(20-37)8-10-24)19-35-13-15-36(16-14-35)31-32-11-4-12-33-31/h3-12,17,21,27-28,30,37H,13-16,18-20H2,1-2H3,(H,34,39)/t21-,27-,28+,30?/m0/s1. The summed E-state index contributed by atoms with van der Waals surface area (Å²) in [6.07, 6.45) is 2.30.